The maximum Gasteiger partial charge on any atom is 0.308 e. The third-order valence-electron chi connectivity index (χ3n) is 3.74. The molecule has 3 rings (SSSR count). The van der Waals surface area contributed by atoms with Crippen molar-refractivity contribution in [3.63, 3.8) is 0 Å². The van der Waals surface area contributed by atoms with Crippen molar-refractivity contribution in [1.82, 2.24) is 14.8 Å². The van der Waals surface area contributed by atoms with Crippen LogP contribution in [0, 0.1) is 16.0 Å². The first-order valence-electron chi connectivity index (χ1n) is 6.45. The number of nitrogens with zero attached hydrogens (tertiary/aromatic N) is 4. The molecule has 8 nitrogen and oxygen atoms in total. The SMILES string of the molecule is O=C(O)C1CCC1n1cnc(-c2ccc([N+](=O)[O-])cc2)n1. The van der Waals surface area contributed by atoms with Gasteiger partial charge in [-0.1, -0.05) is 0 Å². The molecule has 2 atom stereocenters. The van der Waals surface area contributed by atoms with E-state index in [1.165, 1.54) is 18.5 Å². The molecular formula is C13H12N4O4. The highest BCUT2D eigenvalue weighted by Crippen LogP contribution is 2.38. The minimum atomic E-state index is -0.821. The highest BCUT2D eigenvalue weighted by Gasteiger charge is 2.38. The van der Waals surface area contributed by atoms with Gasteiger partial charge in [-0.3, -0.25) is 14.9 Å². The maximum absolute atomic E-state index is 11.0. The number of benzene rings is 1. The van der Waals surface area contributed by atoms with Gasteiger partial charge in [0.2, 0.25) is 0 Å². The van der Waals surface area contributed by atoms with Crippen molar-refractivity contribution in [2.45, 2.75) is 18.9 Å². The predicted octanol–water partition coefficient (Wildman–Crippen LogP) is 1.89. The van der Waals surface area contributed by atoms with E-state index in [0.717, 1.165) is 6.42 Å². The highest BCUT2D eigenvalue weighted by molar-refractivity contribution is 5.71. The lowest BCUT2D eigenvalue weighted by molar-refractivity contribution is -0.384. The Labute approximate surface area is 119 Å². The van der Waals surface area contributed by atoms with Crippen LogP contribution < -0.4 is 0 Å². The first-order chi connectivity index (χ1) is 10.1. The van der Waals surface area contributed by atoms with E-state index in [4.69, 9.17) is 5.11 Å². The summed E-state index contributed by atoms with van der Waals surface area (Å²) in [5.74, 6) is -0.809. The van der Waals surface area contributed by atoms with Crippen molar-refractivity contribution >= 4 is 11.7 Å². The van der Waals surface area contributed by atoms with E-state index in [2.05, 4.69) is 10.1 Å². The molecule has 1 aliphatic carbocycles. The third kappa shape index (κ3) is 2.35. The Balaban J connectivity index is 1.81. The van der Waals surface area contributed by atoms with Gasteiger partial charge in [0.25, 0.3) is 5.69 Å². The van der Waals surface area contributed by atoms with Crippen molar-refractivity contribution in [3.8, 4) is 11.4 Å². The van der Waals surface area contributed by atoms with E-state index in [0.29, 0.717) is 17.8 Å². The van der Waals surface area contributed by atoms with Gasteiger partial charge in [-0.05, 0) is 25.0 Å². The van der Waals surface area contributed by atoms with Gasteiger partial charge < -0.3 is 5.11 Å². The van der Waals surface area contributed by atoms with Gasteiger partial charge in [0.15, 0.2) is 5.82 Å². The van der Waals surface area contributed by atoms with Crippen LogP contribution in [0.2, 0.25) is 0 Å². The van der Waals surface area contributed by atoms with E-state index < -0.39 is 16.8 Å². The molecule has 1 saturated carbocycles. The van der Waals surface area contributed by atoms with Crippen LogP contribution in [0.1, 0.15) is 18.9 Å². The van der Waals surface area contributed by atoms with E-state index >= 15 is 0 Å². The standard InChI is InChI=1S/C13H12N4O4/c18-13(19)10-5-6-11(10)16-7-14-12(15-16)8-1-3-9(4-2-8)17(20)21/h1-4,7,10-11H,5-6H2,(H,18,19). The minimum absolute atomic E-state index is 0.00289. The van der Waals surface area contributed by atoms with Crippen molar-refractivity contribution in [3.05, 3.63) is 40.7 Å². The fourth-order valence-electron chi connectivity index (χ4n) is 2.39. The summed E-state index contributed by atoms with van der Waals surface area (Å²) in [7, 11) is 0. The van der Waals surface area contributed by atoms with Crippen LogP contribution in [0.5, 0.6) is 0 Å². The zero-order chi connectivity index (χ0) is 15.0. The molecule has 8 heteroatoms. The van der Waals surface area contributed by atoms with Crippen molar-refractivity contribution < 1.29 is 14.8 Å². The van der Waals surface area contributed by atoms with Crippen LogP contribution in [0.25, 0.3) is 11.4 Å². The molecule has 1 fully saturated rings. The van der Waals surface area contributed by atoms with Crippen LogP contribution in [0.15, 0.2) is 30.6 Å². The summed E-state index contributed by atoms with van der Waals surface area (Å²) in [6.45, 7) is 0. The highest BCUT2D eigenvalue weighted by atomic mass is 16.6. The average molecular weight is 288 g/mol. The van der Waals surface area contributed by atoms with Gasteiger partial charge in [-0.2, -0.15) is 5.10 Å². The lowest BCUT2D eigenvalue weighted by Crippen LogP contribution is -2.35. The number of aromatic nitrogens is 3. The van der Waals surface area contributed by atoms with E-state index in [-0.39, 0.29) is 11.7 Å². The molecule has 1 aromatic carbocycles. The second-order valence-electron chi connectivity index (χ2n) is 4.94. The van der Waals surface area contributed by atoms with Crippen molar-refractivity contribution in [2.75, 3.05) is 0 Å². The lowest BCUT2D eigenvalue weighted by Gasteiger charge is -2.32. The predicted molar refractivity (Wildman–Crippen MR) is 71.5 cm³/mol. The quantitative estimate of drug-likeness (QED) is 0.679. The molecule has 0 amide bonds. The number of rotatable bonds is 4. The van der Waals surface area contributed by atoms with Gasteiger partial charge >= 0.3 is 5.97 Å². The van der Waals surface area contributed by atoms with E-state index in [1.54, 1.807) is 16.8 Å². The zero-order valence-corrected chi connectivity index (χ0v) is 10.9. The Morgan fingerprint density at radius 2 is 2.05 bits per heavy atom. The van der Waals surface area contributed by atoms with Crippen LogP contribution in [0.4, 0.5) is 5.69 Å². The van der Waals surface area contributed by atoms with Gasteiger partial charge in [0.1, 0.15) is 6.33 Å². The minimum Gasteiger partial charge on any atom is -0.481 e. The van der Waals surface area contributed by atoms with Crippen molar-refractivity contribution in [1.29, 1.82) is 0 Å². The number of hydrogen-bond acceptors (Lipinski definition) is 5. The fraction of sp³-hybridized carbons (Fsp3) is 0.308. The normalized spacial score (nSPS) is 20.8. The Hall–Kier alpha value is -2.77. The first-order valence-corrected chi connectivity index (χ1v) is 6.45. The van der Waals surface area contributed by atoms with Gasteiger partial charge in [0, 0.05) is 17.7 Å². The number of aliphatic carboxylic acids is 1. The van der Waals surface area contributed by atoms with Crippen LogP contribution in [0.3, 0.4) is 0 Å². The topological polar surface area (TPSA) is 111 Å². The first kappa shape index (κ1) is 13.2. The molecule has 108 valence electrons. The molecule has 1 aliphatic rings. The van der Waals surface area contributed by atoms with Gasteiger partial charge in [-0.25, -0.2) is 9.67 Å². The van der Waals surface area contributed by atoms with Crippen molar-refractivity contribution in [2.24, 2.45) is 5.92 Å². The van der Waals surface area contributed by atoms with Crippen LogP contribution >= 0.6 is 0 Å². The molecule has 21 heavy (non-hydrogen) atoms. The Morgan fingerprint density at radius 3 is 2.57 bits per heavy atom. The Kier molecular flexibility index (Phi) is 3.13. The summed E-state index contributed by atoms with van der Waals surface area (Å²) in [6, 6.07) is 5.76. The summed E-state index contributed by atoms with van der Waals surface area (Å²) < 4.78 is 1.57. The number of carboxylic acid groups (broad SMARTS) is 1. The molecule has 2 unspecified atom stereocenters. The summed E-state index contributed by atoms with van der Waals surface area (Å²) in [4.78, 5) is 25.3. The molecule has 1 N–H and O–H groups in total. The fourth-order valence-corrected chi connectivity index (χ4v) is 2.39. The number of hydrogen-bond donors (Lipinski definition) is 1. The number of nitro benzene ring substituents is 1. The summed E-state index contributed by atoms with van der Waals surface area (Å²) in [5.41, 5.74) is 0.661. The molecule has 0 aliphatic heterocycles. The monoisotopic (exact) mass is 288 g/mol. The maximum atomic E-state index is 11.0. The molecule has 1 heterocycles. The summed E-state index contributed by atoms with van der Waals surface area (Å²) >= 11 is 0. The molecule has 0 radical (unpaired) electrons. The smallest absolute Gasteiger partial charge is 0.308 e. The number of carboxylic acids is 1. The van der Waals surface area contributed by atoms with Crippen LogP contribution in [-0.2, 0) is 4.79 Å². The number of nitro groups is 1. The Bertz CT molecular complexity index is 694. The molecule has 0 spiro atoms. The number of carbonyl (C=O) groups is 1. The second-order valence-corrected chi connectivity index (χ2v) is 4.94. The van der Waals surface area contributed by atoms with E-state index in [9.17, 15) is 14.9 Å². The van der Waals surface area contributed by atoms with Gasteiger partial charge in [0.05, 0.1) is 16.9 Å². The Morgan fingerprint density at radius 1 is 1.33 bits per heavy atom. The summed E-state index contributed by atoms with van der Waals surface area (Å²) in [6.07, 6.45) is 2.92. The van der Waals surface area contributed by atoms with E-state index in [1.807, 2.05) is 0 Å². The van der Waals surface area contributed by atoms with Crippen LogP contribution in [-0.4, -0.2) is 30.8 Å². The summed E-state index contributed by atoms with van der Waals surface area (Å²) in [5, 5.41) is 23.9. The van der Waals surface area contributed by atoms with Gasteiger partial charge in [-0.15, -0.1) is 0 Å². The third-order valence-corrected chi connectivity index (χ3v) is 3.74. The largest absolute Gasteiger partial charge is 0.481 e. The molecular weight excluding hydrogens is 276 g/mol. The average Bonchev–Trinajstić information content (AvgIpc) is 2.86. The second kappa shape index (κ2) is 4.97. The molecule has 0 bridgehead atoms. The zero-order valence-electron chi connectivity index (χ0n) is 10.9. The molecule has 1 aromatic heterocycles. The number of non-ortho nitro benzene ring substituents is 1. The molecule has 2 aromatic rings. The lowest BCUT2D eigenvalue weighted by atomic mass is 9.80. The molecule has 0 saturated heterocycles.